The van der Waals surface area contributed by atoms with Gasteiger partial charge in [-0.25, -0.2) is 13.1 Å². The van der Waals surface area contributed by atoms with Gasteiger partial charge in [0.2, 0.25) is 10.0 Å². The van der Waals surface area contributed by atoms with Gasteiger partial charge in [-0.3, -0.25) is 4.99 Å². The average molecular weight is 545 g/mol. The van der Waals surface area contributed by atoms with Gasteiger partial charge >= 0.3 is 0 Å². The SMILES string of the molecule is CN=C(NCc1ccccc1CS(=O)(=O)NC(C)C)N(C)Cc1ccccc1C.I. The Balaban J connectivity index is 0.00000450. The summed E-state index contributed by atoms with van der Waals surface area (Å²) < 4.78 is 27.3. The molecular weight excluding hydrogens is 511 g/mol. The number of rotatable bonds is 8. The summed E-state index contributed by atoms with van der Waals surface area (Å²) in [5, 5.41) is 3.35. The quantitative estimate of drug-likeness (QED) is 0.303. The Labute approximate surface area is 198 Å². The van der Waals surface area contributed by atoms with Crippen LogP contribution >= 0.6 is 24.0 Å². The lowest BCUT2D eigenvalue weighted by Crippen LogP contribution is -2.38. The summed E-state index contributed by atoms with van der Waals surface area (Å²) >= 11 is 0. The minimum absolute atomic E-state index is 0. The molecule has 0 saturated carbocycles. The Morgan fingerprint density at radius 2 is 1.60 bits per heavy atom. The highest BCUT2D eigenvalue weighted by molar-refractivity contribution is 14.0. The minimum Gasteiger partial charge on any atom is -0.352 e. The van der Waals surface area contributed by atoms with E-state index in [9.17, 15) is 8.42 Å². The lowest BCUT2D eigenvalue weighted by Gasteiger charge is -2.23. The number of sulfonamides is 1. The van der Waals surface area contributed by atoms with Crippen LogP contribution in [-0.2, 0) is 28.9 Å². The van der Waals surface area contributed by atoms with Crippen LogP contribution in [0.5, 0.6) is 0 Å². The molecule has 2 N–H and O–H groups in total. The second-order valence-corrected chi connectivity index (χ2v) is 9.24. The predicted octanol–water partition coefficient (Wildman–Crippen LogP) is 3.65. The van der Waals surface area contributed by atoms with E-state index in [0.717, 1.165) is 23.6 Å². The molecule has 0 bridgehead atoms. The average Bonchev–Trinajstić information content (AvgIpc) is 2.64. The second kappa shape index (κ2) is 12.3. The van der Waals surface area contributed by atoms with Gasteiger partial charge in [0.1, 0.15) is 0 Å². The van der Waals surface area contributed by atoms with E-state index in [2.05, 4.69) is 39.0 Å². The summed E-state index contributed by atoms with van der Waals surface area (Å²) in [5.74, 6) is 0.715. The first-order valence-electron chi connectivity index (χ1n) is 9.75. The normalized spacial score (nSPS) is 11.9. The number of hydrogen-bond acceptors (Lipinski definition) is 3. The molecule has 0 heterocycles. The molecule has 0 amide bonds. The standard InChI is InChI=1S/C22H32N4O2S.HI/c1-17(2)25-29(27,28)16-21-13-9-8-11-19(21)14-24-22(23-4)26(5)15-20-12-7-6-10-18(20)3;/h6-13,17,25H,14-16H2,1-5H3,(H,23,24);1H. The van der Waals surface area contributed by atoms with Crippen LogP contribution in [0.25, 0.3) is 0 Å². The summed E-state index contributed by atoms with van der Waals surface area (Å²) in [6, 6.07) is 15.7. The van der Waals surface area contributed by atoms with Gasteiger partial charge < -0.3 is 10.2 Å². The smallest absolute Gasteiger partial charge is 0.216 e. The molecular formula is C22H33IN4O2S. The molecule has 6 nitrogen and oxygen atoms in total. The van der Waals surface area contributed by atoms with E-state index in [-0.39, 0.29) is 35.8 Å². The van der Waals surface area contributed by atoms with Crippen LogP contribution in [0.15, 0.2) is 53.5 Å². The van der Waals surface area contributed by atoms with Crippen molar-refractivity contribution in [3.05, 3.63) is 70.8 Å². The number of guanidine groups is 1. The summed E-state index contributed by atoms with van der Waals surface area (Å²) in [4.78, 5) is 6.43. The van der Waals surface area contributed by atoms with Gasteiger partial charge in [0.05, 0.1) is 5.75 Å². The van der Waals surface area contributed by atoms with Gasteiger partial charge in [-0.1, -0.05) is 48.5 Å². The van der Waals surface area contributed by atoms with Crippen molar-refractivity contribution >= 4 is 40.0 Å². The maximum absolute atomic E-state index is 12.3. The third-order valence-corrected chi connectivity index (χ3v) is 6.08. The maximum Gasteiger partial charge on any atom is 0.216 e. The van der Waals surface area contributed by atoms with Crippen molar-refractivity contribution < 1.29 is 8.42 Å². The molecule has 166 valence electrons. The molecule has 0 spiro atoms. The van der Waals surface area contributed by atoms with Crippen molar-refractivity contribution in [3.8, 4) is 0 Å². The number of halogens is 1. The Morgan fingerprint density at radius 1 is 1.03 bits per heavy atom. The topological polar surface area (TPSA) is 73.8 Å². The van der Waals surface area contributed by atoms with Gasteiger partial charge in [0, 0.05) is 33.2 Å². The van der Waals surface area contributed by atoms with E-state index >= 15 is 0 Å². The van der Waals surface area contributed by atoms with Crippen molar-refractivity contribution in [1.82, 2.24) is 14.9 Å². The molecule has 30 heavy (non-hydrogen) atoms. The van der Waals surface area contributed by atoms with Gasteiger partial charge in [0.25, 0.3) is 0 Å². The summed E-state index contributed by atoms with van der Waals surface area (Å²) in [6.45, 7) is 6.97. The van der Waals surface area contributed by atoms with E-state index in [1.165, 1.54) is 11.1 Å². The van der Waals surface area contributed by atoms with Crippen LogP contribution < -0.4 is 10.0 Å². The fourth-order valence-corrected chi connectivity index (χ4v) is 4.65. The van der Waals surface area contributed by atoms with E-state index < -0.39 is 10.0 Å². The highest BCUT2D eigenvalue weighted by Gasteiger charge is 2.16. The second-order valence-electron chi connectivity index (χ2n) is 7.48. The Hall–Kier alpha value is -1.65. The van der Waals surface area contributed by atoms with Crippen molar-refractivity contribution in [2.45, 2.75) is 45.7 Å². The molecule has 0 fully saturated rings. The van der Waals surface area contributed by atoms with Crippen LogP contribution in [0.4, 0.5) is 0 Å². The highest BCUT2D eigenvalue weighted by atomic mass is 127. The summed E-state index contributed by atoms with van der Waals surface area (Å²) in [5.41, 5.74) is 4.20. The molecule has 8 heteroatoms. The molecule has 0 radical (unpaired) electrons. The first-order valence-corrected chi connectivity index (χ1v) is 11.4. The molecule has 0 aliphatic carbocycles. The third kappa shape index (κ3) is 8.23. The van der Waals surface area contributed by atoms with Crippen molar-refractivity contribution in [2.24, 2.45) is 4.99 Å². The van der Waals surface area contributed by atoms with Gasteiger partial charge in [-0.05, 0) is 43.0 Å². The van der Waals surface area contributed by atoms with E-state index in [1.54, 1.807) is 7.05 Å². The van der Waals surface area contributed by atoms with Crippen LogP contribution in [0.2, 0.25) is 0 Å². The van der Waals surface area contributed by atoms with Crippen LogP contribution in [-0.4, -0.2) is 39.4 Å². The molecule has 2 aromatic carbocycles. The van der Waals surface area contributed by atoms with Crippen LogP contribution in [0, 0.1) is 6.92 Å². The largest absolute Gasteiger partial charge is 0.352 e. The predicted molar refractivity (Wildman–Crippen MR) is 136 cm³/mol. The van der Waals surface area contributed by atoms with E-state index in [1.807, 2.05) is 57.3 Å². The molecule has 2 aromatic rings. The maximum atomic E-state index is 12.3. The first-order chi connectivity index (χ1) is 13.7. The number of nitrogens with zero attached hydrogens (tertiary/aromatic N) is 2. The van der Waals surface area contributed by atoms with Crippen molar-refractivity contribution in [2.75, 3.05) is 14.1 Å². The van der Waals surface area contributed by atoms with E-state index in [4.69, 9.17) is 0 Å². The third-order valence-electron chi connectivity index (χ3n) is 4.56. The lowest BCUT2D eigenvalue weighted by atomic mass is 10.1. The zero-order chi connectivity index (χ0) is 21.4. The zero-order valence-corrected chi connectivity index (χ0v) is 21.5. The molecule has 0 atom stereocenters. The minimum atomic E-state index is -3.38. The molecule has 2 rings (SSSR count). The fourth-order valence-electron chi connectivity index (χ4n) is 3.15. The number of aryl methyl sites for hydroxylation is 1. The van der Waals surface area contributed by atoms with Crippen molar-refractivity contribution in [3.63, 3.8) is 0 Å². The van der Waals surface area contributed by atoms with Gasteiger partial charge in [-0.15, -0.1) is 24.0 Å². The Kier molecular flexibility index (Phi) is 10.8. The Bertz CT molecular complexity index is 946. The number of nitrogens with one attached hydrogen (secondary N) is 2. The van der Waals surface area contributed by atoms with Crippen LogP contribution in [0.1, 0.15) is 36.1 Å². The molecule has 0 aliphatic heterocycles. The summed E-state index contributed by atoms with van der Waals surface area (Å²) in [6.07, 6.45) is 0. The fraction of sp³-hybridized carbons (Fsp3) is 0.409. The lowest BCUT2D eigenvalue weighted by molar-refractivity contribution is 0.475. The molecule has 0 unspecified atom stereocenters. The number of aliphatic imine (C=N–C) groups is 1. The summed E-state index contributed by atoms with van der Waals surface area (Å²) in [7, 11) is 0.360. The van der Waals surface area contributed by atoms with Crippen molar-refractivity contribution in [1.29, 1.82) is 0 Å². The zero-order valence-electron chi connectivity index (χ0n) is 18.3. The van der Waals surface area contributed by atoms with E-state index in [0.29, 0.717) is 6.54 Å². The number of benzene rings is 2. The van der Waals surface area contributed by atoms with Gasteiger partial charge in [-0.2, -0.15) is 0 Å². The monoisotopic (exact) mass is 544 g/mol. The molecule has 0 saturated heterocycles. The van der Waals surface area contributed by atoms with Gasteiger partial charge in [0.15, 0.2) is 5.96 Å². The first kappa shape index (κ1) is 26.4. The molecule has 0 aromatic heterocycles. The molecule has 0 aliphatic rings. The highest BCUT2D eigenvalue weighted by Crippen LogP contribution is 2.13. The Morgan fingerprint density at radius 3 is 2.17 bits per heavy atom. The van der Waals surface area contributed by atoms with Crippen LogP contribution in [0.3, 0.4) is 0 Å². The number of hydrogen-bond donors (Lipinski definition) is 2.